The summed E-state index contributed by atoms with van der Waals surface area (Å²) < 4.78 is 0. The molecule has 2 aliphatic rings. The van der Waals surface area contributed by atoms with Crippen LogP contribution in [0.3, 0.4) is 0 Å². The molecule has 2 fully saturated rings. The second kappa shape index (κ2) is 6.23. The van der Waals surface area contributed by atoms with E-state index in [1.807, 2.05) is 0 Å². The number of carbonyl (C=O) groups is 2. The van der Waals surface area contributed by atoms with Crippen LogP contribution in [0, 0.1) is 11.8 Å². The standard InChI is InChI=1S/C13H23N3O3/c1-10(7-15-4-2-3-5-15)6-14-13(19)16-8-11(9-16)12(17)18/h10-11H,2-9H2,1H3,(H,14,19)(H,17,18). The fourth-order valence-corrected chi connectivity index (χ4v) is 2.64. The highest BCUT2D eigenvalue weighted by molar-refractivity contribution is 5.79. The second-order valence-electron chi connectivity index (χ2n) is 5.74. The van der Waals surface area contributed by atoms with Crippen LogP contribution in [0.1, 0.15) is 19.8 Å². The number of carboxylic acid groups (broad SMARTS) is 1. The first-order chi connectivity index (χ1) is 9.06. The highest BCUT2D eigenvalue weighted by Gasteiger charge is 2.35. The summed E-state index contributed by atoms with van der Waals surface area (Å²) in [7, 11) is 0. The number of rotatable bonds is 5. The van der Waals surface area contributed by atoms with Crippen molar-refractivity contribution in [2.45, 2.75) is 19.8 Å². The molecule has 108 valence electrons. The molecule has 6 heteroatoms. The number of carbonyl (C=O) groups excluding carboxylic acids is 1. The lowest BCUT2D eigenvalue weighted by molar-refractivity contribution is -0.146. The molecule has 0 aromatic heterocycles. The van der Waals surface area contributed by atoms with Gasteiger partial charge in [0.2, 0.25) is 0 Å². The summed E-state index contributed by atoms with van der Waals surface area (Å²) >= 11 is 0. The maximum absolute atomic E-state index is 11.7. The topological polar surface area (TPSA) is 72.9 Å². The van der Waals surface area contributed by atoms with Crippen LogP contribution in [0.15, 0.2) is 0 Å². The van der Waals surface area contributed by atoms with Crippen molar-refractivity contribution in [3.8, 4) is 0 Å². The molecule has 2 saturated heterocycles. The average Bonchev–Trinajstić information content (AvgIpc) is 2.76. The molecule has 19 heavy (non-hydrogen) atoms. The number of aliphatic carboxylic acids is 1. The van der Waals surface area contributed by atoms with Gasteiger partial charge in [-0.25, -0.2) is 4.79 Å². The highest BCUT2D eigenvalue weighted by Crippen LogP contribution is 2.15. The Kier molecular flexibility index (Phi) is 4.63. The Balaban J connectivity index is 1.60. The van der Waals surface area contributed by atoms with Crippen LogP contribution in [-0.2, 0) is 4.79 Å². The van der Waals surface area contributed by atoms with E-state index in [1.54, 1.807) is 4.90 Å². The van der Waals surface area contributed by atoms with Gasteiger partial charge in [0.15, 0.2) is 0 Å². The van der Waals surface area contributed by atoms with Crippen molar-refractivity contribution < 1.29 is 14.7 Å². The quantitative estimate of drug-likeness (QED) is 0.760. The maximum Gasteiger partial charge on any atom is 0.317 e. The van der Waals surface area contributed by atoms with Gasteiger partial charge < -0.3 is 20.2 Å². The third-order valence-corrected chi connectivity index (χ3v) is 3.89. The summed E-state index contributed by atoms with van der Waals surface area (Å²) in [6.07, 6.45) is 2.56. The van der Waals surface area contributed by atoms with Crippen LogP contribution in [0.4, 0.5) is 4.79 Å². The van der Waals surface area contributed by atoms with Crippen LogP contribution in [-0.4, -0.2) is 66.2 Å². The summed E-state index contributed by atoms with van der Waals surface area (Å²) in [4.78, 5) is 26.4. The van der Waals surface area contributed by atoms with E-state index in [0.717, 1.165) is 6.54 Å². The smallest absolute Gasteiger partial charge is 0.317 e. The number of likely N-dealkylation sites (tertiary alicyclic amines) is 2. The van der Waals surface area contributed by atoms with E-state index in [1.165, 1.54) is 25.9 Å². The summed E-state index contributed by atoms with van der Waals surface area (Å²) in [5, 5.41) is 11.6. The molecule has 0 aromatic carbocycles. The van der Waals surface area contributed by atoms with Crippen LogP contribution >= 0.6 is 0 Å². The van der Waals surface area contributed by atoms with Gasteiger partial charge in [-0.3, -0.25) is 4.79 Å². The number of carboxylic acids is 1. The summed E-state index contributed by atoms with van der Waals surface area (Å²) in [5.74, 6) is -0.766. The van der Waals surface area contributed by atoms with E-state index in [2.05, 4.69) is 17.1 Å². The minimum absolute atomic E-state index is 0.134. The summed E-state index contributed by atoms with van der Waals surface area (Å²) in [6.45, 7) is 6.83. The van der Waals surface area contributed by atoms with Crippen molar-refractivity contribution in [2.24, 2.45) is 11.8 Å². The number of hydrogen-bond donors (Lipinski definition) is 2. The van der Waals surface area contributed by atoms with E-state index >= 15 is 0 Å². The minimum atomic E-state index is -0.813. The Morgan fingerprint density at radius 3 is 2.53 bits per heavy atom. The van der Waals surface area contributed by atoms with E-state index in [9.17, 15) is 9.59 Å². The number of urea groups is 1. The molecule has 1 unspecified atom stereocenters. The molecule has 1 atom stereocenters. The van der Waals surface area contributed by atoms with Crippen LogP contribution in [0.25, 0.3) is 0 Å². The van der Waals surface area contributed by atoms with Crippen LogP contribution in [0.2, 0.25) is 0 Å². The second-order valence-corrected chi connectivity index (χ2v) is 5.74. The van der Waals surface area contributed by atoms with Crippen molar-refractivity contribution in [2.75, 3.05) is 39.3 Å². The fourth-order valence-electron chi connectivity index (χ4n) is 2.64. The number of amides is 2. The maximum atomic E-state index is 11.7. The molecule has 0 bridgehead atoms. The fraction of sp³-hybridized carbons (Fsp3) is 0.846. The zero-order valence-electron chi connectivity index (χ0n) is 11.5. The largest absolute Gasteiger partial charge is 0.481 e. The molecule has 0 spiro atoms. The molecule has 2 aliphatic heterocycles. The number of nitrogens with one attached hydrogen (secondary N) is 1. The molecule has 2 rings (SSSR count). The van der Waals surface area contributed by atoms with Crippen molar-refractivity contribution in [3.05, 3.63) is 0 Å². The lowest BCUT2D eigenvalue weighted by atomic mass is 10.0. The Labute approximate surface area is 113 Å². The van der Waals surface area contributed by atoms with Gasteiger partial charge in [0.25, 0.3) is 0 Å². The van der Waals surface area contributed by atoms with Crippen LogP contribution < -0.4 is 5.32 Å². The average molecular weight is 269 g/mol. The van der Waals surface area contributed by atoms with E-state index in [0.29, 0.717) is 25.6 Å². The first-order valence-corrected chi connectivity index (χ1v) is 7.04. The Bertz CT molecular complexity index is 336. The lowest BCUT2D eigenvalue weighted by Crippen LogP contribution is -2.56. The van der Waals surface area contributed by atoms with Crippen molar-refractivity contribution in [1.29, 1.82) is 0 Å². The molecule has 2 N–H and O–H groups in total. The van der Waals surface area contributed by atoms with E-state index < -0.39 is 5.97 Å². The van der Waals surface area contributed by atoms with Gasteiger partial charge in [-0.15, -0.1) is 0 Å². The molecule has 0 saturated carbocycles. The first kappa shape index (κ1) is 14.1. The van der Waals surface area contributed by atoms with Crippen molar-refractivity contribution >= 4 is 12.0 Å². The molecule has 2 heterocycles. The number of nitrogens with zero attached hydrogens (tertiary/aromatic N) is 2. The van der Waals surface area contributed by atoms with E-state index in [-0.39, 0.29) is 11.9 Å². The molecule has 6 nitrogen and oxygen atoms in total. The molecular formula is C13H23N3O3. The molecule has 0 radical (unpaired) electrons. The van der Waals surface area contributed by atoms with E-state index in [4.69, 9.17) is 5.11 Å². The first-order valence-electron chi connectivity index (χ1n) is 7.04. The molecule has 2 amide bonds. The minimum Gasteiger partial charge on any atom is -0.481 e. The van der Waals surface area contributed by atoms with Gasteiger partial charge in [-0.2, -0.15) is 0 Å². The Morgan fingerprint density at radius 2 is 1.95 bits per heavy atom. The van der Waals surface area contributed by atoms with Crippen LogP contribution in [0.5, 0.6) is 0 Å². The third kappa shape index (κ3) is 3.83. The van der Waals surface area contributed by atoms with Gasteiger partial charge in [-0.1, -0.05) is 6.92 Å². The normalized spacial score (nSPS) is 22.1. The predicted molar refractivity (Wildman–Crippen MR) is 70.9 cm³/mol. The zero-order chi connectivity index (χ0) is 13.8. The molecular weight excluding hydrogens is 246 g/mol. The van der Waals surface area contributed by atoms with Gasteiger partial charge in [0, 0.05) is 26.2 Å². The molecule has 0 aliphatic carbocycles. The van der Waals surface area contributed by atoms with Crippen molar-refractivity contribution in [3.63, 3.8) is 0 Å². The van der Waals surface area contributed by atoms with Gasteiger partial charge >= 0.3 is 12.0 Å². The Hall–Kier alpha value is -1.30. The zero-order valence-corrected chi connectivity index (χ0v) is 11.5. The lowest BCUT2D eigenvalue weighted by Gasteiger charge is -2.36. The van der Waals surface area contributed by atoms with Gasteiger partial charge in [0.1, 0.15) is 0 Å². The molecule has 0 aromatic rings. The Morgan fingerprint density at radius 1 is 1.32 bits per heavy atom. The monoisotopic (exact) mass is 269 g/mol. The van der Waals surface area contributed by atoms with Crippen molar-refractivity contribution in [1.82, 2.24) is 15.1 Å². The predicted octanol–water partition coefficient (Wildman–Crippen LogP) is 0.444. The van der Waals surface area contributed by atoms with Gasteiger partial charge in [0.05, 0.1) is 5.92 Å². The SMILES string of the molecule is CC(CNC(=O)N1CC(C(=O)O)C1)CN1CCCC1. The van der Waals surface area contributed by atoms with Gasteiger partial charge in [-0.05, 0) is 31.8 Å². The number of hydrogen-bond acceptors (Lipinski definition) is 3. The summed E-state index contributed by atoms with van der Waals surface area (Å²) in [6, 6.07) is -0.134. The third-order valence-electron chi connectivity index (χ3n) is 3.89. The summed E-state index contributed by atoms with van der Waals surface area (Å²) in [5.41, 5.74) is 0. The highest BCUT2D eigenvalue weighted by atomic mass is 16.4.